The number of para-hydroxylation sites is 1. The van der Waals surface area contributed by atoms with Gasteiger partial charge in [-0.05, 0) is 29.8 Å². The van der Waals surface area contributed by atoms with Crippen LogP contribution in [-0.4, -0.2) is 32.0 Å². The normalized spacial score (nSPS) is 10.9. The molecular formula is C22H20N4O2. The fourth-order valence-electron chi connectivity index (χ4n) is 3.25. The zero-order valence-electron chi connectivity index (χ0n) is 15.5. The average Bonchev–Trinajstić information content (AvgIpc) is 3.01. The molecule has 28 heavy (non-hydrogen) atoms. The third-order valence-electron chi connectivity index (χ3n) is 4.69. The molecule has 2 heterocycles. The second-order valence-corrected chi connectivity index (χ2v) is 6.62. The summed E-state index contributed by atoms with van der Waals surface area (Å²) in [6, 6.07) is 22.7. The lowest BCUT2D eigenvalue weighted by Crippen LogP contribution is -2.34. The molecule has 2 aromatic heterocycles. The Morgan fingerprint density at radius 1 is 0.964 bits per heavy atom. The Balaban J connectivity index is 1.69. The molecule has 0 saturated heterocycles. The highest BCUT2D eigenvalue weighted by molar-refractivity contribution is 5.80. The number of amides is 1. The van der Waals surface area contributed by atoms with Crippen molar-refractivity contribution in [2.75, 3.05) is 7.05 Å². The fraction of sp³-hybridized carbons (Fsp3) is 0.136. The van der Waals surface area contributed by atoms with E-state index < -0.39 is 0 Å². The first-order chi connectivity index (χ1) is 13.6. The van der Waals surface area contributed by atoms with E-state index in [2.05, 4.69) is 4.98 Å². The summed E-state index contributed by atoms with van der Waals surface area (Å²) < 4.78 is 3.03. The average molecular weight is 372 g/mol. The largest absolute Gasteiger partial charge is 0.340 e. The molecule has 0 unspecified atom stereocenters. The number of hydrogen-bond donors (Lipinski definition) is 0. The van der Waals surface area contributed by atoms with E-state index in [0.29, 0.717) is 17.7 Å². The number of rotatable bonds is 5. The fourth-order valence-corrected chi connectivity index (χ4v) is 3.25. The molecule has 6 heteroatoms. The van der Waals surface area contributed by atoms with Crippen LogP contribution in [0.4, 0.5) is 0 Å². The molecule has 1 amide bonds. The summed E-state index contributed by atoms with van der Waals surface area (Å²) in [5.74, 6) is -0.137. The van der Waals surface area contributed by atoms with Crippen molar-refractivity contribution in [2.45, 2.75) is 13.1 Å². The van der Waals surface area contributed by atoms with Gasteiger partial charge in [-0.15, -0.1) is 0 Å². The molecule has 4 rings (SSSR count). The Morgan fingerprint density at radius 3 is 2.36 bits per heavy atom. The Kier molecular flexibility index (Phi) is 4.76. The maximum absolute atomic E-state index is 13.1. The smallest absolute Gasteiger partial charge is 0.335 e. The van der Waals surface area contributed by atoms with Gasteiger partial charge < -0.3 is 4.90 Å². The van der Waals surface area contributed by atoms with Crippen LogP contribution in [0.25, 0.3) is 16.9 Å². The molecule has 0 saturated carbocycles. The number of carbonyl (C=O) groups is 1. The number of pyridine rings is 1. The molecule has 0 radical (unpaired) electrons. The summed E-state index contributed by atoms with van der Waals surface area (Å²) >= 11 is 0. The Bertz CT molecular complexity index is 1160. The second-order valence-electron chi connectivity index (χ2n) is 6.62. The monoisotopic (exact) mass is 372 g/mol. The highest BCUT2D eigenvalue weighted by atomic mass is 16.2. The Labute approximate surface area is 162 Å². The predicted octanol–water partition coefficient (Wildman–Crippen LogP) is 2.85. The van der Waals surface area contributed by atoms with Gasteiger partial charge in [0.05, 0.1) is 11.2 Å². The topological polar surface area (TPSA) is 60.1 Å². The lowest BCUT2D eigenvalue weighted by atomic mass is 10.2. The highest BCUT2D eigenvalue weighted by Gasteiger charge is 2.19. The second kappa shape index (κ2) is 7.52. The molecule has 0 aliphatic carbocycles. The molecule has 2 aromatic carbocycles. The van der Waals surface area contributed by atoms with Crippen molar-refractivity contribution < 1.29 is 4.79 Å². The van der Waals surface area contributed by atoms with Crippen LogP contribution in [0.3, 0.4) is 0 Å². The van der Waals surface area contributed by atoms with Gasteiger partial charge >= 0.3 is 5.69 Å². The summed E-state index contributed by atoms with van der Waals surface area (Å²) in [6.45, 7) is 0.453. The van der Waals surface area contributed by atoms with Crippen LogP contribution in [0, 0.1) is 0 Å². The first-order valence-corrected chi connectivity index (χ1v) is 9.05. The third-order valence-corrected chi connectivity index (χ3v) is 4.69. The van der Waals surface area contributed by atoms with Gasteiger partial charge in [0.25, 0.3) is 0 Å². The van der Waals surface area contributed by atoms with Crippen molar-refractivity contribution in [3.05, 3.63) is 95.0 Å². The first kappa shape index (κ1) is 17.7. The molecule has 4 aromatic rings. The molecule has 0 spiro atoms. The summed E-state index contributed by atoms with van der Waals surface area (Å²) in [4.78, 5) is 31.9. The van der Waals surface area contributed by atoms with Crippen LogP contribution in [0.1, 0.15) is 5.56 Å². The Hall–Kier alpha value is -3.67. The van der Waals surface area contributed by atoms with Gasteiger partial charge in [0.15, 0.2) is 5.65 Å². The molecule has 0 bridgehead atoms. The number of fused-ring (bicyclic) bond motifs is 1. The zero-order valence-corrected chi connectivity index (χ0v) is 15.5. The number of carbonyl (C=O) groups excluding carboxylic acids is 1. The molecule has 0 atom stereocenters. The van der Waals surface area contributed by atoms with Crippen molar-refractivity contribution in [2.24, 2.45) is 0 Å². The van der Waals surface area contributed by atoms with Crippen molar-refractivity contribution in [1.82, 2.24) is 19.0 Å². The van der Waals surface area contributed by atoms with Crippen molar-refractivity contribution in [3.63, 3.8) is 0 Å². The van der Waals surface area contributed by atoms with Gasteiger partial charge in [-0.1, -0.05) is 48.5 Å². The van der Waals surface area contributed by atoms with Gasteiger partial charge in [0, 0.05) is 19.8 Å². The first-order valence-electron chi connectivity index (χ1n) is 9.05. The molecule has 0 aliphatic heterocycles. The van der Waals surface area contributed by atoms with Crippen LogP contribution in [-0.2, 0) is 17.9 Å². The van der Waals surface area contributed by atoms with E-state index in [1.54, 1.807) is 28.8 Å². The summed E-state index contributed by atoms with van der Waals surface area (Å²) in [5.41, 5.74) is 2.66. The lowest BCUT2D eigenvalue weighted by Gasteiger charge is -2.17. The van der Waals surface area contributed by atoms with Crippen molar-refractivity contribution >= 4 is 17.1 Å². The summed E-state index contributed by atoms with van der Waals surface area (Å²) in [7, 11) is 1.75. The standard InChI is InChI=1S/C22H20N4O2/c1-24(15-17-9-4-2-5-10-17)20(27)16-25-19-13-8-14-23-21(19)26(22(25)28)18-11-6-3-7-12-18/h2-14H,15-16H2,1H3. The maximum Gasteiger partial charge on any atom is 0.335 e. The molecule has 0 fully saturated rings. The van der Waals surface area contributed by atoms with E-state index in [0.717, 1.165) is 11.3 Å². The van der Waals surface area contributed by atoms with Crippen LogP contribution in [0.2, 0.25) is 0 Å². The number of nitrogens with zero attached hydrogens (tertiary/aromatic N) is 4. The number of likely N-dealkylation sites (N-methyl/N-ethyl adjacent to an activating group) is 1. The number of benzene rings is 2. The van der Waals surface area contributed by atoms with Crippen molar-refractivity contribution in [1.29, 1.82) is 0 Å². The van der Waals surface area contributed by atoms with E-state index in [1.807, 2.05) is 66.7 Å². The van der Waals surface area contributed by atoms with Gasteiger partial charge in [0.1, 0.15) is 6.54 Å². The van der Waals surface area contributed by atoms with Gasteiger partial charge in [-0.25, -0.2) is 14.3 Å². The predicted molar refractivity (Wildman–Crippen MR) is 108 cm³/mol. The van der Waals surface area contributed by atoms with E-state index >= 15 is 0 Å². The van der Waals surface area contributed by atoms with Gasteiger partial charge in [-0.3, -0.25) is 9.36 Å². The zero-order chi connectivity index (χ0) is 19.5. The third kappa shape index (κ3) is 3.32. The summed E-state index contributed by atoms with van der Waals surface area (Å²) in [5, 5.41) is 0. The molecule has 140 valence electrons. The molecule has 0 aliphatic rings. The van der Waals surface area contributed by atoms with Gasteiger partial charge in [-0.2, -0.15) is 0 Å². The molecular weight excluding hydrogens is 352 g/mol. The highest BCUT2D eigenvalue weighted by Crippen LogP contribution is 2.15. The number of aromatic nitrogens is 3. The van der Waals surface area contributed by atoms with Crippen molar-refractivity contribution in [3.8, 4) is 5.69 Å². The minimum atomic E-state index is -0.277. The maximum atomic E-state index is 13.1. The molecule has 0 N–H and O–H groups in total. The van der Waals surface area contributed by atoms with E-state index in [1.165, 1.54) is 4.57 Å². The van der Waals surface area contributed by atoms with Crippen LogP contribution in [0.5, 0.6) is 0 Å². The van der Waals surface area contributed by atoms with E-state index in [9.17, 15) is 9.59 Å². The molecule has 6 nitrogen and oxygen atoms in total. The van der Waals surface area contributed by atoms with E-state index in [4.69, 9.17) is 0 Å². The van der Waals surface area contributed by atoms with Gasteiger partial charge in [0.2, 0.25) is 5.91 Å². The lowest BCUT2D eigenvalue weighted by molar-refractivity contribution is -0.131. The number of imidazole rings is 1. The number of hydrogen-bond acceptors (Lipinski definition) is 3. The van der Waals surface area contributed by atoms with Crippen LogP contribution < -0.4 is 5.69 Å². The minimum absolute atomic E-state index is 0.0375. The quantitative estimate of drug-likeness (QED) is 0.541. The van der Waals surface area contributed by atoms with Crippen LogP contribution >= 0.6 is 0 Å². The summed E-state index contributed by atoms with van der Waals surface area (Å²) in [6.07, 6.45) is 1.65. The minimum Gasteiger partial charge on any atom is -0.340 e. The Morgan fingerprint density at radius 2 is 1.64 bits per heavy atom. The van der Waals surface area contributed by atoms with E-state index in [-0.39, 0.29) is 18.1 Å². The SMILES string of the molecule is CN(Cc1ccccc1)C(=O)Cn1c(=O)n(-c2ccccc2)c2ncccc21. The van der Waals surface area contributed by atoms with Crippen LogP contribution in [0.15, 0.2) is 83.8 Å².